The van der Waals surface area contributed by atoms with Gasteiger partial charge in [0.1, 0.15) is 11.6 Å². The predicted molar refractivity (Wildman–Crippen MR) is 60.3 cm³/mol. The Morgan fingerprint density at radius 3 is 2.74 bits per heavy atom. The minimum atomic E-state index is -1.26. The van der Waals surface area contributed by atoms with Crippen LogP contribution in [-0.4, -0.2) is 26.1 Å². The highest BCUT2D eigenvalue weighted by atomic mass is 19.1. The molecule has 0 aliphatic rings. The summed E-state index contributed by atoms with van der Waals surface area (Å²) in [5.41, 5.74) is 5.50. The number of hydrogen-bond donors (Lipinski definition) is 2. The number of halogens is 2. The highest BCUT2D eigenvalue weighted by Crippen LogP contribution is 2.13. The van der Waals surface area contributed by atoms with E-state index >= 15 is 0 Å². The number of aromatic carboxylic acids is 1. The number of rotatable bonds is 4. The summed E-state index contributed by atoms with van der Waals surface area (Å²) in [6.07, 6.45) is 0. The first-order chi connectivity index (χ1) is 9.02. The molecule has 0 fully saturated rings. The van der Waals surface area contributed by atoms with E-state index < -0.39 is 17.6 Å². The van der Waals surface area contributed by atoms with Gasteiger partial charge in [0, 0.05) is 18.2 Å². The molecule has 0 bridgehead atoms. The lowest BCUT2D eigenvalue weighted by Crippen LogP contribution is -2.13. The van der Waals surface area contributed by atoms with E-state index in [4.69, 9.17) is 10.8 Å². The van der Waals surface area contributed by atoms with Crippen LogP contribution in [0.3, 0.4) is 0 Å². The van der Waals surface area contributed by atoms with Crippen LogP contribution in [0.1, 0.15) is 21.7 Å². The van der Waals surface area contributed by atoms with Gasteiger partial charge in [-0.1, -0.05) is 11.3 Å². The quantitative estimate of drug-likeness (QED) is 0.853. The molecular weight excluding hydrogens is 258 g/mol. The molecule has 0 unspecified atom stereocenters. The van der Waals surface area contributed by atoms with Crippen LogP contribution < -0.4 is 5.73 Å². The smallest absolute Gasteiger partial charge is 0.358 e. The second-order valence-electron chi connectivity index (χ2n) is 3.79. The molecule has 19 heavy (non-hydrogen) atoms. The summed E-state index contributed by atoms with van der Waals surface area (Å²) in [4.78, 5) is 10.9. The van der Waals surface area contributed by atoms with Crippen molar-refractivity contribution in [2.24, 2.45) is 5.73 Å². The Labute approximate surface area is 106 Å². The molecule has 6 nitrogen and oxygen atoms in total. The molecule has 2 rings (SSSR count). The summed E-state index contributed by atoms with van der Waals surface area (Å²) in [6, 6.07) is 3.11. The lowest BCUT2D eigenvalue weighted by Gasteiger charge is -2.06. The van der Waals surface area contributed by atoms with Gasteiger partial charge in [-0.3, -0.25) is 0 Å². The molecule has 0 radical (unpaired) electrons. The van der Waals surface area contributed by atoms with Crippen molar-refractivity contribution in [3.8, 4) is 0 Å². The predicted octanol–water partition coefficient (Wildman–Crippen LogP) is 0.761. The van der Waals surface area contributed by atoms with Gasteiger partial charge >= 0.3 is 5.97 Å². The molecule has 8 heteroatoms. The summed E-state index contributed by atoms with van der Waals surface area (Å²) in [5, 5.41) is 16.0. The maximum atomic E-state index is 13.5. The van der Waals surface area contributed by atoms with Gasteiger partial charge in [-0.25, -0.2) is 18.3 Å². The van der Waals surface area contributed by atoms with E-state index in [0.29, 0.717) is 0 Å². The molecule has 0 spiro atoms. The molecule has 3 N–H and O–H groups in total. The average molecular weight is 268 g/mol. The fourth-order valence-electron chi connectivity index (χ4n) is 1.64. The van der Waals surface area contributed by atoms with Crippen LogP contribution in [0.15, 0.2) is 18.2 Å². The lowest BCUT2D eigenvalue weighted by molar-refractivity contribution is 0.0689. The highest BCUT2D eigenvalue weighted by Gasteiger charge is 2.18. The summed E-state index contributed by atoms with van der Waals surface area (Å²) in [5.74, 6) is -2.69. The van der Waals surface area contributed by atoms with Crippen molar-refractivity contribution in [3.63, 3.8) is 0 Å². The minimum Gasteiger partial charge on any atom is -0.476 e. The number of carboxylic acid groups (broad SMARTS) is 1. The number of benzene rings is 1. The average Bonchev–Trinajstić information content (AvgIpc) is 2.75. The van der Waals surface area contributed by atoms with Crippen LogP contribution in [0.2, 0.25) is 0 Å². The van der Waals surface area contributed by atoms with E-state index in [2.05, 4.69) is 10.3 Å². The van der Waals surface area contributed by atoms with Gasteiger partial charge in [-0.2, -0.15) is 0 Å². The van der Waals surface area contributed by atoms with Crippen LogP contribution in [0, 0.1) is 11.6 Å². The van der Waals surface area contributed by atoms with E-state index in [-0.39, 0.29) is 30.0 Å². The Kier molecular flexibility index (Phi) is 3.52. The standard InChI is InChI=1S/C11H10F2N4O2/c12-7-2-1-6(8(13)3-7)5-17-9(4-14)10(11(18)19)15-16-17/h1-3H,4-5,14H2,(H,18,19). The van der Waals surface area contributed by atoms with Crippen molar-refractivity contribution < 1.29 is 18.7 Å². The van der Waals surface area contributed by atoms with Crippen molar-refractivity contribution in [1.29, 1.82) is 0 Å². The fourth-order valence-corrected chi connectivity index (χ4v) is 1.64. The summed E-state index contributed by atoms with van der Waals surface area (Å²) >= 11 is 0. The van der Waals surface area contributed by atoms with Gasteiger partial charge in [0.15, 0.2) is 5.69 Å². The van der Waals surface area contributed by atoms with E-state index in [1.54, 1.807) is 0 Å². The molecule has 100 valence electrons. The molecule has 1 aromatic heterocycles. The largest absolute Gasteiger partial charge is 0.476 e. The number of nitrogens with zero attached hydrogens (tertiary/aromatic N) is 3. The van der Waals surface area contributed by atoms with Crippen molar-refractivity contribution in [2.75, 3.05) is 0 Å². The fraction of sp³-hybridized carbons (Fsp3) is 0.182. The Morgan fingerprint density at radius 2 is 2.16 bits per heavy atom. The maximum Gasteiger partial charge on any atom is 0.358 e. The first-order valence-electron chi connectivity index (χ1n) is 5.32. The van der Waals surface area contributed by atoms with Crippen LogP contribution in [0.4, 0.5) is 8.78 Å². The van der Waals surface area contributed by atoms with Crippen LogP contribution >= 0.6 is 0 Å². The number of carbonyl (C=O) groups is 1. The minimum absolute atomic E-state index is 0.0705. The molecular formula is C11H10F2N4O2. The van der Waals surface area contributed by atoms with E-state index in [0.717, 1.165) is 12.1 Å². The van der Waals surface area contributed by atoms with Gasteiger partial charge in [0.05, 0.1) is 12.2 Å². The first kappa shape index (κ1) is 13.1. The van der Waals surface area contributed by atoms with E-state index in [9.17, 15) is 13.6 Å². The maximum absolute atomic E-state index is 13.5. The van der Waals surface area contributed by atoms with E-state index in [1.807, 2.05) is 0 Å². The zero-order chi connectivity index (χ0) is 14.0. The van der Waals surface area contributed by atoms with Crippen LogP contribution in [0.5, 0.6) is 0 Å². The van der Waals surface area contributed by atoms with Gasteiger partial charge < -0.3 is 10.8 Å². The zero-order valence-corrected chi connectivity index (χ0v) is 9.68. The molecule has 0 amide bonds. The van der Waals surface area contributed by atoms with Crippen molar-refractivity contribution in [2.45, 2.75) is 13.1 Å². The second kappa shape index (κ2) is 5.11. The van der Waals surface area contributed by atoms with Gasteiger partial charge in [0.2, 0.25) is 0 Å². The van der Waals surface area contributed by atoms with Crippen molar-refractivity contribution in [1.82, 2.24) is 15.0 Å². The zero-order valence-electron chi connectivity index (χ0n) is 9.68. The summed E-state index contributed by atoms with van der Waals surface area (Å²) in [6.45, 7) is -0.170. The third-order valence-corrected chi connectivity index (χ3v) is 2.57. The number of carboxylic acids is 1. The van der Waals surface area contributed by atoms with Gasteiger partial charge in [0.25, 0.3) is 0 Å². The third-order valence-electron chi connectivity index (χ3n) is 2.57. The third kappa shape index (κ3) is 2.58. The molecule has 0 saturated heterocycles. The Balaban J connectivity index is 2.35. The first-order valence-corrected chi connectivity index (χ1v) is 5.32. The second-order valence-corrected chi connectivity index (χ2v) is 3.79. The molecule has 0 aliphatic carbocycles. The molecule has 1 heterocycles. The number of hydrogen-bond acceptors (Lipinski definition) is 4. The molecule has 1 aromatic carbocycles. The monoisotopic (exact) mass is 268 g/mol. The molecule has 0 aliphatic heterocycles. The van der Waals surface area contributed by atoms with Crippen molar-refractivity contribution >= 4 is 5.97 Å². The van der Waals surface area contributed by atoms with Crippen molar-refractivity contribution in [3.05, 3.63) is 46.8 Å². The Hall–Kier alpha value is -2.35. The summed E-state index contributed by atoms with van der Waals surface area (Å²) in [7, 11) is 0. The SMILES string of the molecule is NCc1c(C(=O)O)nnn1Cc1ccc(F)cc1F. The number of nitrogens with two attached hydrogens (primary N) is 1. The number of aromatic nitrogens is 3. The molecule has 0 saturated carbocycles. The Bertz CT molecular complexity index is 627. The Morgan fingerprint density at radius 1 is 1.42 bits per heavy atom. The molecule has 0 atom stereocenters. The van der Waals surface area contributed by atoms with Crippen LogP contribution in [0.25, 0.3) is 0 Å². The van der Waals surface area contributed by atoms with Gasteiger partial charge in [-0.15, -0.1) is 5.10 Å². The van der Waals surface area contributed by atoms with Gasteiger partial charge in [-0.05, 0) is 6.07 Å². The molecule has 2 aromatic rings. The topological polar surface area (TPSA) is 94.0 Å². The highest BCUT2D eigenvalue weighted by molar-refractivity contribution is 5.86. The normalized spacial score (nSPS) is 10.7. The van der Waals surface area contributed by atoms with E-state index in [1.165, 1.54) is 10.7 Å². The lowest BCUT2D eigenvalue weighted by atomic mass is 10.2. The van der Waals surface area contributed by atoms with Crippen LogP contribution in [-0.2, 0) is 13.1 Å². The summed E-state index contributed by atoms with van der Waals surface area (Å²) < 4.78 is 27.4.